The quantitative estimate of drug-likeness (QED) is 0.522. The predicted octanol–water partition coefficient (Wildman–Crippen LogP) is 2.55. The normalized spacial score (nSPS) is 9.56. The van der Waals surface area contributed by atoms with Crippen LogP contribution in [0.4, 0.5) is 0 Å². The molecule has 2 heteroatoms. The third-order valence-electron chi connectivity index (χ3n) is 1.15. The summed E-state index contributed by atoms with van der Waals surface area (Å²) in [6.07, 6.45) is 0. The van der Waals surface area contributed by atoms with Crippen LogP contribution in [0.2, 0.25) is 5.02 Å². The summed E-state index contributed by atoms with van der Waals surface area (Å²) in [7, 11) is 0. The zero-order chi connectivity index (χ0) is 6.85. The van der Waals surface area contributed by atoms with Crippen LogP contribution >= 0.6 is 11.6 Å². The fourth-order valence-electron chi connectivity index (χ4n) is 0.574. The molecule has 9 heavy (non-hydrogen) atoms. The molecule has 0 aliphatic rings. The zero-order valence-corrected chi connectivity index (χ0v) is 6.59. The maximum absolute atomic E-state index is 5.65. The van der Waals surface area contributed by atoms with E-state index in [2.05, 4.69) is 0 Å². The molecule has 1 aromatic rings. The molecule has 1 rings (SSSR count). The van der Waals surface area contributed by atoms with Crippen LogP contribution < -0.4 is 0 Å². The monoisotopic (exact) mass is 157 g/mol. The van der Waals surface area contributed by atoms with Gasteiger partial charge in [-0.15, -0.1) is 0 Å². The Hall–Kier alpha value is -0.270. The Morgan fingerprint density at radius 1 is 1.44 bits per heavy atom. The van der Waals surface area contributed by atoms with E-state index in [1.165, 1.54) is 0 Å². The van der Waals surface area contributed by atoms with Crippen molar-refractivity contribution in [2.75, 3.05) is 0 Å². The predicted molar refractivity (Wildman–Crippen MR) is 41.8 cm³/mol. The third-order valence-corrected chi connectivity index (χ3v) is 1.83. The lowest BCUT2D eigenvalue weighted by molar-refractivity contribution is 1.31. The molecule has 0 aliphatic heterocycles. The first-order valence-corrected chi connectivity index (χ1v) is 3.42. The van der Waals surface area contributed by atoms with Crippen molar-refractivity contribution in [1.29, 1.82) is 0 Å². The molecular formula is C7H6ClS-. The lowest BCUT2D eigenvalue weighted by atomic mass is 10.2. The molecule has 0 nitrogen and oxygen atoms in total. The van der Waals surface area contributed by atoms with Gasteiger partial charge in [-0.25, -0.2) is 0 Å². The van der Waals surface area contributed by atoms with E-state index < -0.39 is 0 Å². The number of aryl methyl sites for hydroxylation is 1. The summed E-state index contributed by atoms with van der Waals surface area (Å²) in [5.74, 6) is 0. The summed E-state index contributed by atoms with van der Waals surface area (Å²) < 4.78 is 0. The topological polar surface area (TPSA) is 0 Å². The maximum Gasteiger partial charge on any atom is 0.0391 e. The van der Waals surface area contributed by atoms with E-state index in [1.807, 2.05) is 19.1 Å². The first-order chi connectivity index (χ1) is 4.20. The third kappa shape index (κ3) is 1.57. The van der Waals surface area contributed by atoms with Crippen molar-refractivity contribution in [3.63, 3.8) is 0 Å². The molecule has 0 N–H and O–H groups in total. The molecule has 0 unspecified atom stereocenters. The van der Waals surface area contributed by atoms with E-state index in [1.54, 1.807) is 6.07 Å². The SMILES string of the molecule is Cc1ccc(Cl)cc1[S-]. The van der Waals surface area contributed by atoms with Crippen molar-refractivity contribution in [3.8, 4) is 0 Å². The highest BCUT2D eigenvalue weighted by atomic mass is 35.5. The smallest absolute Gasteiger partial charge is 0.0391 e. The molecule has 0 aromatic heterocycles. The maximum atomic E-state index is 5.65. The van der Waals surface area contributed by atoms with E-state index in [4.69, 9.17) is 24.2 Å². The molecule has 0 aliphatic carbocycles. The average molecular weight is 158 g/mol. The molecule has 0 bridgehead atoms. The van der Waals surface area contributed by atoms with Crippen LogP contribution in [0.1, 0.15) is 5.56 Å². The van der Waals surface area contributed by atoms with E-state index in [0.29, 0.717) is 5.02 Å². The zero-order valence-electron chi connectivity index (χ0n) is 5.02. The van der Waals surface area contributed by atoms with E-state index in [-0.39, 0.29) is 0 Å². The van der Waals surface area contributed by atoms with Crippen molar-refractivity contribution in [2.24, 2.45) is 0 Å². The number of rotatable bonds is 0. The molecule has 0 fully saturated rings. The van der Waals surface area contributed by atoms with Crippen LogP contribution in [0.25, 0.3) is 0 Å². The Morgan fingerprint density at radius 2 is 2.11 bits per heavy atom. The molecule has 0 heterocycles. The van der Waals surface area contributed by atoms with Gasteiger partial charge in [-0.05, 0) is 13.0 Å². The molecule has 0 saturated carbocycles. The average Bonchev–Trinajstić information content (AvgIpc) is 1.80. The Bertz CT molecular complexity index is 220. The molecule has 1 aromatic carbocycles. The van der Waals surface area contributed by atoms with Gasteiger partial charge in [0.15, 0.2) is 0 Å². The molecule has 0 saturated heterocycles. The number of hydrogen-bond acceptors (Lipinski definition) is 1. The lowest BCUT2D eigenvalue weighted by Crippen LogP contribution is -1.76. The van der Waals surface area contributed by atoms with Crippen molar-refractivity contribution in [3.05, 3.63) is 28.8 Å². The minimum absolute atomic E-state index is 0.714. The first-order valence-electron chi connectivity index (χ1n) is 2.63. The van der Waals surface area contributed by atoms with Crippen LogP contribution in [-0.4, -0.2) is 0 Å². The van der Waals surface area contributed by atoms with Crippen molar-refractivity contribution < 1.29 is 0 Å². The second-order valence-electron chi connectivity index (χ2n) is 1.91. The Morgan fingerprint density at radius 3 is 2.56 bits per heavy atom. The summed E-state index contributed by atoms with van der Waals surface area (Å²) in [6, 6.07) is 5.55. The highest BCUT2D eigenvalue weighted by Crippen LogP contribution is 2.13. The van der Waals surface area contributed by atoms with Gasteiger partial charge in [-0.3, -0.25) is 0 Å². The number of hydrogen-bond donors (Lipinski definition) is 0. The lowest BCUT2D eigenvalue weighted by Gasteiger charge is -2.08. The summed E-state index contributed by atoms with van der Waals surface area (Å²) in [5.41, 5.74) is 1.11. The van der Waals surface area contributed by atoms with E-state index in [0.717, 1.165) is 10.5 Å². The molecule has 0 atom stereocenters. The highest BCUT2D eigenvalue weighted by molar-refractivity contribution is 7.58. The van der Waals surface area contributed by atoms with Crippen molar-refractivity contribution in [1.82, 2.24) is 0 Å². The number of halogens is 1. The second-order valence-corrected chi connectivity index (χ2v) is 2.79. The largest absolute Gasteiger partial charge is 0.779 e. The van der Waals surface area contributed by atoms with Gasteiger partial charge >= 0.3 is 0 Å². The van der Waals surface area contributed by atoms with Crippen LogP contribution in [0.3, 0.4) is 0 Å². The van der Waals surface area contributed by atoms with Gasteiger partial charge in [0.1, 0.15) is 0 Å². The van der Waals surface area contributed by atoms with Crippen LogP contribution in [-0.2, 0) is 12.6 Å². The fraction of sp³-hybridized carbons (Fsp3) is 0.143. The molecular weight excluding hydrogens is 152 g/mol. The number of benzene rings is 1. The van der Waals surface area contributed by atoms with Gasteiger partial charge in [0.2, 0.25) is 0 Å². The van der Waals surface area contributed by atoms with Gasteiger partial charge in [-0.2, -0.15) is 4.90 Å². The molecule has 0 radical (unpaired) electrons. The summed E-state index contributed by atoms with van der Waals surface area (Å²) in [5, 5.41) is 0.714. The Kier molecular flexibility index (Phi) is 1.94. The van der Waals surface area contributed by atoms with Gasteiger partial charge in [0.05, 0.1) is 0 Å². The second kappa shape index (κ2) is 2.54. The summed E-state index contributed by atoms with van der Waals surface area (Å²) in [4.78, 5) is 0.836. The molecule has 0 spiro atoms. The molecule has 0 amide bonds. The summed E-state index contributed by atoms with van der Waals surface area (Å²) >= 11 is 10.6. The van der Waals surface area contributed by atoms with Gasteiger partial charge in [-0.1, -0.05) is 29.3 Å². The van der Waals surface area contributed by atoms with Crippen LogP contribution in [0.15, 0.2) is 23.1 Å². The van der Waals surface area contributed by atoms with Crippen molar-refractivity contribution in [2.45, 2.75) is 11.8 Å². The first kappa shape index (κ1) is 6.84. The summed E-state index contributed by atoms with van der Waals surface area (Å²) in [6.45, 7) is 1.97. The van der Waals surface area contributed by atoms with Crippen LogP contribution in [0, 0.1) is 6.92 Å². The fourth-order valence-corrected chi connectivity index (χ4v) is 1.01. The Balaban J connectivity index is 3.17. The molecule has 48 valence electrons. The highest BCUT2D eigenvalue weighted by Gasteiger charge is 1.84. The van der Waals surface area contributed by atoms with Gasteiger partial charge in [0.25, 0.3) is 0 Å². The minimum Gasteiger partial charge on any atom is -0.779 e. The van der Waals surface area contributed by atoms with Gasteiger partial charge < -0.3 is 12.6 Å². The van der Waals surface area contributed by atoms with E-state index >= 15 is 0 Å². The van der Waals surface area contributed by atoms with Crippen LogP contribution in [0.5, 0.6) is 0 Å². The van der Waals surface area contributed by atoms with Crippen molar-refractivity contribution >= 4 is 24.2 Å². The van der Waals surface area contributed by atoms with E-state index in [9.17, 15) is 0 Å². The van der Waals surface area contributed by atoms with Gasteiger partial charge in [0, 0.05) is 5.02 Å². The Labute approximate surface area is 65.3 Å². The standard InChI is InChI=1S/C7H7ClS/c1-5-2-3-6(8)4-7(5)9/h2-4,9H,1H3/p-1. The minimum atomic E-state index is 0.714.